The van der Waals surface area contributed by atoms with Crippen molar-refractivity contribution in [3.8, 4) is 0 Å². The molecule has 1 heterocycles. The number of nitrogens with one attached hydrogen (secondary N) is 1. The van der Waals surface area contributed by atoms with Crippen LogP contribution in [0.4, 0.5) is 0 Å². The molecule has 1 N–H and O–H groups in total. The fourth-order valence-electron chi connectivity index (χ4n) is 4.70. The first kappa shape index (κ1) is 16.6. The second-order valence-corrected chi connectivity index (χ2v) is 7.98. The van der Waals surface area contributed by atoms with Crippen molar-refractivity contribution in [2.75, 3.05) is 6.54 Å². The molecule has 134 valence electrons. The van der Waals surface area contributed by atoms with Gasteiger partial charge in [-0.05, 0) is 49.7 Å². The second kappa shape index (κ2) is 6.81. The SMILES string of the molecule is Cc1ccccc1[C@@H]1C[C@H]1C(=O)NC1CCN(C2CCCCC2)C1=O. The van der Waals surface area contributed by atoms with Crippen molar-refractivity contribution in [1.29, 1.82) is 0 Å². The minimum absolute atomic E-state index is 0.0395. The zero-order valence-electron chi connectivity index (χ0n) is 15.0. The number of carbonyl (C=O) groups excluding carboxylic acids is 2. The molecule has 1 aromatic rings. The fraction of sp³-hybridized carbons (Fsp3) is 0.619. The number of nitrogens with zero attached hydrogens (tertiary/aromatic N) is 1. The van der Waals surface area contributed by atoms with Crippen LogP contribution in [0.2, 0.25) is 0 Å². The van der Waals surface area contributed by atoms with E-state index >= 15 is 0 Å². The molecule has 1 saturated heterocycles. The van der Waals surface area contributed by atoms with Crippen LogP contribution in [-0.4, -0.2) is 35.3 Å². The molecule has 4 nitrogen and oxygen atoms in total. The largest absolute Gasteiger partial charge is 0.344 e. The standard InChI is InChI=1S/C21H28N2O2/c1-14-7-5-6-10-16(14)17-13-18(17)20(24)22-19-11-12-23(21(19)25)15-8-3-2-4-9-15/h5-7,10,15,17-19H,2-4,8-9,11-13H2,1H3,(H,22,24)/t17-,18+,19?/m0/s1. The van der Waals surface area contributed by atoms with Crippen molar-refractivity contribution in [2.24, 2.45) is 5.92 Å². The molecule has 2 amide bonds. The third-order valence-corrected chi connectivity index (χ3v) is 6.29. The summed E-state index contributed by atoms with van der Waals surface area (Å²) in [7, 11) is 0. The van der Waals surface area contributed by atoms with Crippen molar-refractivity contribution in [1.82, 2.24) is 10.2 Å². The lowest BCUT2D eigenvalue weighted by atomic mass is 9.94. The van der Waals surface area contributed by atoms with Gasteiger partial charge in [0.15, 0.2) is 0 Å². The van der Waals surface area contributed by atoms with Crippen LogP contribution in [0.1, 0.15) is 62.0 Å². The number of aryl methyl sites for hydroxylation is 1. The molecule has 0 radical (unpaired) electrons. The Morgan fingerprint density at radius 1 is 1.12 bits per heavy atom. The molecule has 0 bridgehead atoms. The van der Waals surface area contributed by atoms with Crippen LogP contribution in [0, 0.1) is 12.8 Å². The van der Waals surface area contributed by atoms with Crippen LogP contribution in [0.25, 0.3) is 0 Å². The van der Waals surface area contributed by atoms with Gasteiger partial charge in [0, 0.05) is 18.5 Å². The molecule has 2 saturated carbocycles. The van der Waals surface area contributed by atoms with Crippen LogP contribution in [0.5, 0.6) is 0 Å². The molecular weight excluding hydrogens is 312 g/mol. The number of rotatable bonds is 4. The third-order valence-electron chi connectivity index (χ3n) is 6.29. The Labute approximate surface area is 150 Å². The summed E-state index contributed by atoms with van der Waals surface area (Å²) < 4.78 is 0. The molecule has 0 aromatic heterocycles. The van der Waals surface area contributed by atoms with Crippen molar-refractivity contribution >= 4 is 11.8 Å². The monoisotopic (exact) mass is 340 g/mol. The van der Waals surface area contributed by atoms with E-state index in [2.05, 4.69) is 24.4 Å². The highest BCUT2D eigenvalue weighted by Gasteiger charge is 2.46. The van der Waals surface area contributed by atoms with Gasteiger partial charge in [-0.1, -0.05) is 43.5 Å². The van der Waals surface area contributed by atoms with E-state index in [-0.39, 0.29) is 23.8 Å². The molecule has 1 aliphatic heterocycles. The first-order chi connectivity index (χ1) is 12.1. The third kappa shape index (κ3) is 3.31. The quantitative estimate of drug-likeness (QED) is 0.915. The van der Waals surface area contributed by atoms with E-state index in [1.165, 1.54) is 30.4 Å². The van der Waals surface area contributed by atoms with Gasteiger partial charge in [0.1, 0.15) is 6.04 Å². The first-order valence-electron chi connectivity index (χ1n) is 9.81. The van der Waals surface area contributed by atoms with Crippen molar-refractivity contribution in [3.63, 3.8) is 0 Å². The smallest absolute Gasteiger partial charge is 0.245 e. The van der Waals surface area contributed by atoms with Gasteiger partial charge in [-0.25, -0.2) is 0 Å². The number of benzene rings is 1. The maximum absolute atomic E-state index is 12.7. The van der Waals surface area contributed by atoms with Crippen molar-refractivity contribution < 1.29 is 9.59 Å². The van der Waals surface area contributed by atoms with Gasteiger partial charge in [-0.15, -0.1) is 0 Å². The van der Waals surface area contributed by atoms with Crippen molar-refractivity contribution in [2.45, 2.75) is 69.9 Å². The molecule has 4 heteroatoms. The van der Waals surface area contributed by atoms with Gasteiger partial charge in [-0.3, -0.25) is 9.59 Å². The molecule has 3 atom stereocenters. The fourth-order valence-corrected chi connectivity index (χ4v) is 4.70. The minimum Gasteiger partial charge on any atom is -0.344 e. The molecule has 0 spiro atoms. The lowest BCUT2D eigenvalue weighted by molar-refractivity contribution is -0.134. The second-order valence-electron chi connectivity index (χ2n) is 7.98. The van der Waals surface area contributed by atoms with Gasteiger partial charge in [0.2, 0.25) is 11.8 Å². The van der Waals surface area contributed by atoms with Crippen LogP contribution < -0.4 is 5.32 Å². The van der Waals surface area contributed by atoms with Gasteiger partial charge < -0.3 is 10.2 Å². The summed E-state index contributed by atoms with van der Waals surface area (Å²) >= 11 is 0. The molecule has 4 rings (SSSR count). The average Bonchev–Trinajstić information content (AvgIpc) is 3.35. The lowest BCUT2D eigenvalue weighted by Gasteiger charge is -2.31. The van der Waals surface area contributed by atoms with Gasteiger partial charge >= 0.3 is 0 Å². The van der Waals surface area contributed by atoms with Gasteiger partial charge in [0.25, 0.3) is 0 Å². The van der Waals surface area contributed by atoms with E-state index in [4.69, 9.17) is 0 Å². The van der Waals surface area contributed by atoms with E-state index in [0.717, 1.165) is 32.2 Å². The van der Waals surface area contributed by atoms with Crippen molar-refractivity contribution in [3.05, 3.63) is 35.4 Å². The maximum atomic E-state index is 12.7. The van der Waals surface area contributed by atoms with E-state index in [0.29, 0.717) is 12.0 Å². The summed E-state index contributed by atoms with van der Waals surface area (Å²) in [6, 6.07) is 8.41. The Morgan fingerprint density at radius 2 is 1.88 bits per heavy atom. The predicted molar refractivity (Wildman–Crippen MR) is 97.2 cm³/mol. The normalized spacial score (nSPS) is 29.7. The Morgan fingerprint density at radius 3 is 2.64 bits per heavy atom. The number of carbonyl (C=O) groups is 2. The Hall–Kier alpha value is -1.84. The zero-order chi connectivity index (χ0) is 17.4. The minimum atomic E-state index is -0.299. The molecule has 1 unspecified atom stereocenters. The molecule has 3 aliphatic rings. The summed E-state index contributed by atoms with van der Waals surface area (Å²) in [5.74, 6) is 0.579. The van der Waals surface area contributed by atoms with Gasteiger partial charge in [0.05, 0.1) is 0 Å². The van der Waals surface area contributed by atoms with E-state index in [1.807, 2.05) is 17.0 Å². The lowest BCUT2D eigenvalue weighted by Crippen LogP contribution is -2.45. The summed E-state index contributed by atoms with van der Waals surface area (Å²) in [6.45, 7) is 2.91. The topological polar surface area (TPSA) is 49.4 Å². The summed E-state index contributed by atoms with van der Waals surface area (Å²) in [5.41, 5.74) is 2.53. The van der Waals surface area contributed by atoms with Crippen LogP contribution >= 0.6 is 0 Å². The molecule has 25 heavy (non-hydrogen) atoms. The highest BCUT2D eigenvalue weighted by atomic mass is 16.2. The Bertz CT molecular complexity index is 666. The molecule has 1 aromatic carbocycles. The van der Waals surface area contributed by atoms with Crippen LogP contribution in [-0.2, 0) is 9.59 Å². The predicted octanol–water partition coefficient (Wildman–Crippen LogP) is 3.15. The van der Waals surface area contributed by atoms with E-state index < -0.39 is 0 Å². The summed E-state index contributed by atoms with van der Waals surface area (Å²) in [4.78, 5) is 27.3. The van der Waals surface area contributed by atoms with Crippen LogP contribution in [0.3, 0.4) is 0 Å². The maximum Gasteiger partial charge on any atom is 0.245 e. The first-order valence-corrected chi connectivity index (χ1v) is 9.81. The molecule has 2 aliphatic carbocycles. The van der Waals surface area contributed by atoms with Crippen LogP contribution in [0.15, 0.2) is 24.3 Å². The number of likely N-dealkylation sites (tertiary alicyclic amines) is 1. The summed E-state index contributed by atoms with van der Waals surface area (Å²) in [5, 5.41) is 3.05. The number of hydrogen-bond acceptors (Lipinski definition) is 2. The van der Waals surface area contributed by atoms with E-state index in [9.17, 15) is 9.59 Å². The van der Waals surface area contributed by atoms with E-state index in [1.54, 1.807) is 0 Å². The number of amides is 2. The Kier molecular flexibility index (Phi) is 4.53. The summed E-state index contributed by atoms with van der Waals surface area (Å²) in [6.07, 6.45) is 7.68. The highest BCUT2D eigenvalue weighted by Crippen LogP contribution is 2.48. The zero-order valence-corrected chi connectivity index (χ0v) is 15.0. The molecule has 3 fully saturated rings. The highest BCUT2D eigenvalue weighted by molar-refractivity contribution is 5.91. The number of hydrogen-bond donors (Lipinski definition) is 1. The van der Waals surface area contributed by atoms with Gasteiger partial charge in [-0.2, -0.15) is 0 Å². The molecular formula is C21H28N2O2. The Balaban J connectivity index is 1.33. The average molecular weight is 340 g/mol.